The number of ether oxygens (including phenoxy) is 1. The van der Waals surface area contributed by atoms with Crippen molar-refractivity contribution in [2.24, 2.45) is 0 Å². The van der Waals surface area contributed by atoms with Crippen molar-refractivity contribution in [3.05, 3.63) is 47.0 Å². The lowest BCUT2D eigenvalue weighted by molar-refractivity contribution is -0.134. The van der Waals surface area contributed by atoms with Crippen molar-refractivity contribution in [3.8, 4) is 17.2 Å². The summed E-state index contributed by atoms with van der Waals surface area (Å²) in [4.78, 5) is 25.5. The highest BCUT2D eigenvalue weighted by Gasteiger charge is 2.21. The van der Waals surface area contributed by atoms with Crippen LogP contribution in [0.4, 0.5) is 5.69 Å². The van der Waals surface area contributed by atoms with Crippen LogP contribution in [0.2, 0.25) is 0 Å². The Morgan fingerprint density at radius 1 is 1.22 bits per heavy atom. The summed E-state index contributed by atoms with van der Waals surface area (Å²) < 4.78 is 10.9. The summed E-state index contributed by atoms with van der Waals surface area (Å²) >= 11 is 1.55. The Balaban J connectivity index is 1.30. The van der Waals surface area contributed by atoms with Gasteiger partial charge in [0.2, 0.25) is 17.7 Å². The standard InChI is InChI=1S/C19H17N3O4S/c23-17-2-1-10-22(17)14-3-5-15(6-4-14)25-18(24)8-7-16-20-21-19(26-16)13-9-11-27-12-13/h3-6,9,11-12H,1-2,7-8,10H2. The highest BCUT2D eigenvalue weighted by atomic mass is 32.1. The predicted octanol–water partition coefficient (Wildman–Crippen LogP) is 3.46. The molecular weight excluding hydrogens is 366 g/mol. The molecule has 0 N–H and O–H groups in total. The molecular formula is C19H17N3O4S. The van der Waals surface area contributed by atoms with Crippen molar-refractivity contribution in [1.29, 1.82) is 0 Å². The zero-order valence-electron chi connectivity index (χ0n) is 14.5. The summed E-state index contributed by atoms with van der Waals surface area (Å²) in [6, 6.07) is 8.87. The van der Waals surface area contributed by atoms with E-state index in [2.05, 4.69) is 10.2 Å². The Morgan fingerprint density at radius 2 is 2.07 bits per heavy atom. The monoisotopic (exact) mass is 383 g/mol. The van der Waals surface area contributed by atoms with Crippen molar-refractivity contribution in [3.63, 3.8) is 0 Å². The molecule has 1 aliphatic heterocycles. The number of carbonyl (C=O) groups excluding carboxylic acids is 2. The van der Waals surface area contributed by atoms with Crippen LogP contribution in [0.25, 0.3) is 11.5 Å². The van der Waals surface area contributed by atoms with Crippen molar-refractivity contribution in [2.75, 3.05) is 11.4 Å². The van der Waals surface area contributed by atoms with E-state index in [4.69, 9.17) is 9.15 Å². The van der Waals surface area contributed by atoms with Crippen molar-refractivity contribution >= 4 is 28.9 Å². The van der Waals surface area contributed by atoms with Gasteiger partial charge in [0.05, 0.1) is 6.42 Å². The number of benzene rings is 1. The van der Waals surface area contributed by atoms with Crippen LogP contribution in [0.3, 0.4) is 0 Å². The van der Waals surface area contributed by atoms with E-state index in [1.807, 2.05) is 16.8 Å². The molecule has 7 nitrogen and oxygen atoms in total. The molecule has 8 heteroatoms. The molecule has 3 aromatic rings. The lowest BCUT2D eigenvalue weighted by Gasteiger charge is -2.15. The van der Waals surface area contributed by atoms with Gasteiger partial charge in [-0.05, 0) is 42.1 Å². The van der Waals surface area contributed by atoms with Gasteiger partial charge < -0.3 is 14.1 Å². The minimum Gasteiger partial charge on any atom is -0.427 e. The van der Waals surface area contributed by atoms with Crippen LogP contribution >= 0.6 is 11.3 Å². The second kappa shape index (κ2) is 7.71. The molecule has 27 heavy (non-hydrogen) atoms. The summed E-state index contributed by atoms with van der Waals surface area (Å²) in [7, 11) is 0. The van der Waals surface area contributed by atoms with Crippen LogP contribution in [-0.4, -0.2) is 28.6 Å². The maximum Gasteiger partial charge on any atom is 0.311 e. The second-order valence-electron chi connectivity index (χ2n) is 6.13. The third-order valence-electron chi connectivity index (χ3n) is 4.23. The Bertz CT molecular complexity index is 934. The maximum atomic E-state index is 12.0. The second-order valence-corrected chi connectivity index (χ2v) is 6.91. The maximum absolute atomic E-state index is 12.0. The molecule has 4 rings (SSSR count). The molecule has 0 aliphatic carbocycles. The molecule has 0 spiro atoms. The van der Waals surface area contributed by atoms with Crippen molar-refractivity contribution in [2.45, 2.75) is 25.7 Å². The number of carbonyl (C=O) groups is 2. The SMILES string of the molecule is O=C(CCc1nnc(-c2ccsc2)o1)Oc1ccc(N2CCCC2=O)cc1. The Morgan fingerprint density at radius 3 is 2.78 bits per heavy atom. The minimum atomic E-state index is -0.379. The van der Waals surface area contributed by atoms with Crippen LogP contribution < -0.4 is 9.64 Å². The number of nitrogens with zero attached hydrogens (tertiary/aromatic N) is 3. The summed E-state index contributed by atoms with van der Waals surface area (Å²) in [5.74, 6) is 1.04. The number of hydrogen-bond acceptors (Lipinski definition) is 7. The van der Waals surface area contributed by atoms with Gasteiger partial charge in [0.25, 0.3) is 0 Å². The minimum absolute atomic E-state index is 0.126. The Kier molecular flexibility index (Phi) is 4.97. The molecule has 2 aromatic heterocycles. The molecule has 1 amide bonds. The highest BCUT2D eigenvalue weighted by Crippen LogP contribution is 2.24. The average Bonchev–Trinajstić information content (AvgIpc) is 3.42. The van der Waals surface area contributed by atoms with Crippen LogP contribution in [0.15, 0.2) is 45.5 Å². The van der Waals surface area contributed by atoms with E-state index < -0.39 is 0 Å². The molecule has 1 fully saturated rings. The number of aromatic nitrogens is 2. The normalized spacial score (nSPS) is 13.9. The fourth-order valence-corrected chi connectivity index (χ4v) is 3.49. The van der Waals surface area contributed by atoms with E-state index in [0.29, 0.717) is 30.4 Å². The van der Waals surface area contributed by atoms with Crippen molar-refractivity contribution in [1.82, 2.24) is 10.2 Å². The fraction of sp³-hybridized carbons (Fsp3) is 0.263. The van der Waals surface area contributed by atoms with E-state index in [0.717, 1.165) is 24.2 Å². The molecule has 1 saturated heterocycles. The van der Waals surface area contributed by atoms with Gasteiger partial charge in [0, 0.05) is 36.0 Å². The molecule has 0 saturated carbocycles. The van der Waals surface area contributed by atoms with E-state index >= 15 is 0 Å². The topological polar surface area (TPSA) is 85.5 Å². The van der Waals surface area contributed by atoms with Crippen molar-refractivity contribution < 1.29 is 18.7 Å². The number of rotatable bonds is 6. The molecule has 3 heterocycles. The number of anilines is 1. The van der Waals surface area contributed by atoms with Crippen LogP contribution in [0.5, 0.6) is 5.75 Å². The number of hydrogen-bond donors (Lipinski definition) is 0. The van der Waals surface area contributed by atoms with Gasteiger partial charge in [0.1, 0.15) is 5.75 Å². The van der Waals surface area contributed by atoms with Gasteiger partial charge in [-0.25, -0.2) is 0 Å². The first-order valence-corrected chi connectivity index (χ1v) is 9.59. The van der Waals surface area contributed by atoms with Gasteiger partial charge in [-0.2, -0.15) is 11.3 Å². The molecule has 1 aliphatic rings. The van der Waals surface area contributed by atoms with E-state index in [9.17, 15) is 9.59 Å². The molecule has 0 atom stereocenters. The van der Waals surface area contributed by atoms with Gasteiger partial charge in [-0.1, -0.05) is 0 Å². The Labute approximate surface area is 159 Å². The van der Waals surface area contributed by atoms with Gasteiger partial charge in [-0.15, -0.1) is 10.2 Å². The Hall–Kier alpha value is -3.00. The molecule has 0 unspecified atom stereocenters. The summed E-state index contributed by atoms with van der Waals surface area (Å²) in [5.41, 5.74) is 1.70. The zero-order valence-corrected chi connectivity index (χ0v) is 15.3. The summed E-state index contributed by atoms with van der Waals surface area (Å²) in [6.07, 6.45) is 1.91. The quantitative estimate of drug-likeness (QED) is 0.479. The third kappa shape index (κ3) is 4.06. The van der Waals surface area contributed by atoms with Crippen LogP contribution in [0, 0.1) is 0 Å². The van der Waals surface area contributed by atoms with E-state index in [-0.39, 0.29) is 18.3 Å². The van der Waals surface area contributed by atoms with Gasteiger partial charge in [0.15, 0.2) is 0 Å². The van der Waals surface area contributed by atoms with Crippen LogP contribution in [0.1, 0.15) is 25.2 Å². The first-order chi connectivity index (χ1) is 13.2. The lowest BCUT2D eigenvalue weighted by Crippen LogP contribution is -2.23. The number of aryl methyl sites for hydroxylation is 1. The first kappa shape index (κ1) is 17.4. The highest BCUT2D eigenvalue weighted by molar-refractivity contribution is 7.08. The number of esters is 1. The molecule has 1 aromatic carbocycles. The van der Waals surface area contributed by atoms with Crippen LogP contribution in [-0.2, 0) is 16.0 Å². The van der Waals surface area contributed by atoms with Gasteiger partial charge >= 0.3 is 5.97 Å². The smallest absolute Gasteiger partial charge is 0.311 e. The zero-order chi connectivity index (χ0) is 18.6. The van der Waals surface area contributed by atoms with E-state index in [1.54, 1.807) is 40.5 Å². The molecule has 0 bridgehead atoms. The fourth-order valence-electron chi connectivity index (χ4n) is 2.86. The molecule has 138 valence electrons. The number of amides is 1. The number of thiophene rings is 1. The molecule has 0 radical (unpaired) electrons. The lowest BCUT2D eigenvalue weighted by atomic mass is 10.2. The summed E-state index contributed by atoms with van der Waals surface area (Å²) in [6.45, 7) is 0.732. The van der Waals surface area contributed by atoms with Gasteiger partial charge in [-0.3, -0.25) is 9.59 Å². The van der Waals surface area contributed by atoms with E-state index in [1.165, 1.54) is 0 Å². The first-order valence-electron chi connectivity index (χ1n) is 8.65. The average molecular weight is 383 g/mol. The summed E-state index contributed by atoms with van der Waals surface area (Å²) in [5, 5.41) is 11.8. The third-order valence-corrected chi connectivity index (χ3v) is 4.91. The largest absolute Gasteiger partial charge is 0.427 e. The predicted molar refractivity (Wildman–Crippen MR) is 99.6 cm³/mol.